The Hall–Kier alpha value is -2.92. The molecular weight excluding hydrogens is 378 g/mol. The minimum Gasteiger partial charge on any atom is -0.495 e. The van der Waals surface area contributed by atoms with Gasteiger partial charge in [0.25, 0.3) is 5.91 Å². The molecule has 3 rings (SSSR count). The van der Waals surface area contributed by atoms with E-state index in [1.165, 1.54) is 14.2 Å². The molecule has 1 unspecified atom stereocenters. The third kappa shape index (κ3) is 4.15. The summed E-state index contributed by atoms with van der Waals surface area (Å²) >= 11 is 6.13. The van der Waals surface area contributed by atoms with Crippen LogP contribution in [0.3, 0.4) is 0 Å². The number of amides is 1. The fraction of sp³-hybridized carbons (Fsp3) is 0.227. The van der Waals surface area contributed by atoms with Crippen LogP contribution in [0.4, 0.5) is 5.69 Å². The lowest BCUT2D eigenvalue weighted by molar-refractivity contribution is -0.122. The Balaban J connectivity index is 1.84. The zero-order valence-electron chi connectivity index (χ0n) is 16.0. The molecule has 0 saturated heterocycles. The Morgan fingerprint density at radius 2 is 1.71 bits per heavy atom. The number of carbonyl (C=O) groups excluding carboxylic acids is 1. The molecule has 146 valence electrons. The molecule has 28 heavy (non-hydrogen) atoms. The molecule has 0 aliphatic rings. The zero-order chi connectivity index (χ0) is 20.1. The van der Waals surface area contributed by atoms with E-state index in [0.29, 0.717) is 34.4 Å². The van der Waals surface area contributed by atoms with Crippen molar-refractivity contribution >= 4 is 34.0 Å². The van der Waals surface area contributed by atoms with E-state index in [1.54, 1.807) is 12.1 Å². The van der Waals surface area contributed by atoms with E-state index in [0.717, 1.165) is 10.8 Å². The largest absolute Gasteiger partial charge is 0.495 e. The summed E-state index contributed by atoms with van der Waals surface area (Å²) in [6.07, 6.45) is -0.167. The number of hydrogen-bond acceptors (Lipinski definition) is 4. The monoisotopic (exact) mass is 399 g/mol. The first kappa shape index (κ1) is 19.8. The molecule has 0 fully saturated rings. The standard InChI is InChI=1S/C22H22ClNO4/c1-4-18(28-19-11-7-9-14-8-5-6-10-15(14)19)22(25)24-17-13-20(26-2)16(23)12-21(17)27-3/h5-13,18H,4H2,1-3H3,(H,24,25). The maximum atomic E-state index is 12.9. The van der Waals surface area contributed by atoms with Gasteiger partial charge in [-0.25, -0.2) is 0 Å². The fourth-order valence-electron chi connectivity index (χ4n) is 2.95. The molecular formula is C22H22ClNO4. The number of methoxy groups -OCH3 is 2. The highest BCUT2D eigenvalue weighted by atomic mass is 35.5. The van der Waals surface area contributed by atoms with Crippen LogP contribution in [0.1, 0.15) is 13.3 Å². The predicted molar refractivity (Wildman–Crippen MR) is 112 cm³/mol. The summed E-state index contributed by atoms with van der Waals surface area (Å²) in [5.74, 6) is 1.28. The quantitative estimate of drug-likeness (QED) is 0.585. The summed E-state index contributed by atoms with van der Waals surface area (Å²) in [6.45, 7) is 1.90. The van der Waals surface area contributed by atoms with Gasteiger partial charge in [0.05, 0.1) is 24.9 Å². The third-order valence-corrected chi connectivity index (χ3v) is 4.71. The van der Waals surface area contributed by atoms with Crippen LogP contribution in [-0.4, -0.2) is 26.2 Å². The molecule has 0 aliphatic heterocycles. The van der Waals surface area contributed by atoms with Crippen molar-refractivity contribution in [2.75, 3.05) is 19.5 Å². The molecule has 1 amide bonds. The highest BCUT2D eigenvalue weighted by Crippen LogP contribution is 2.36. The molecule has 1 N–H and O–H groups in total. The maximum absolute atomic E-state index is 12.9. The van der Waals surface area contributed by atoms with Gasteiger partial charge in [0, 0.05) is 17.5 Å². The molecule has 0 aliphatic carbocycles. The normalized spacial score (nSPS) is 11.7. The Labute approximate surface area is 169 Å². The number of carbonyl (C=O) groups is 1. The predicted octanol–water partition coefficient (Wildman–Crippen LogP) is 5.31. The summed E-state index contributed by atoms with van der Waals surface area (Å²) in [5.41, 5.74) is 0.466. The third-order valence-electron chi connectivity index (χ3n) is 4.41. The van der Waals surface area contributed by atoms with E-state index in [4.69, 9.17) is 25.8 Å². The zero-order valence-corrected chi connectivity index (χ0v) is 16.7. The van der Waals surface area contributed by atoms with Crippen LogP contribution >= 0.6 is 11.6 Å². The highest BCUT2D eigenvalue weighted by molar-refractivity contribution is 6.32. The number of hydrogen-bond donors (Lipinski definition) is 1. The number of halogens is 1. The van der Waals surface area contributed by atoms with Crippen LogP contribution in [0.5, 0.6) is 17.2 Å². The van der Waals surface area contributed by atoms with Crippen molar-refractivity contribution in [2.24, 2.45) is 0 Å². The van der Waals surface area contributed by atoms with Gasteiger partial charge in [-0.1, -0.05) is 54.9 Å². The first-order chi connectivity index (χ1) is 13.6. The highest BCUT2D eigenvalue weighted by Gasteiger charge is 2.21. The number of nitrogens with one attached hydrogen (secondary N) is 1. The lowest BCUT2D eigenvalue weighted by Crippen LogP contribution is -2.32. The Bertz CT molecular complexity index is 984. The summed E-state index contributed by atoms with van der Waals surface area (Å²) in [4.78, 5) is 12.9. The van der Waals surface area contributed by atoms with Crippen molar-refractivity contribution < 1.29 is 19.0 Å². The Morgan fingerprint density at radius 3 is 2.43 bits per heavy atom. The van der Waals surface area contributed by atoms with Gasteiger partial charge in [0.1, 0.15) is 17.2 Å². The molecule has 0 spiro atoms. The number of benzene rings is 3. The van der Waals surface area contributed by atoms with E-state index in [-0.39, 0.29) is 5.91 Å². The van der Waals surface area contributed by atoms with E-state index < -0.39 is 6.10 Å². The summed E-state index contributed by atoms with van der Waals surface area (Å²) in [5, 5.41) is 5.27. The minimum absolute atomic E-state index is 0.280. The Kier molecular flexibility index (Phi) is 6.26. The number of fused-ring (bicyclic) bond motifs is 1. The maximum Gasteiger partial charge on any atom is 0.265 e. The topological polar surface area (TPSA) is 56.8 Å². The molecule has 3 aromatic rings. The van der Waals surface area contributed by atoms with Crippen LogP contribution in [0.25, 0.3) is 10.8 Å². The van der Waals surface area contributed by atoms with Crippen molar-refractivity contribution in [3.63, 3.8) is 0 Å². The van der Waals surface area contributed by atoms with Gasteiger partial charge in [-0.2, -0.15) is 0 Å². The van der Waals surface area contributed by atoms with Crippen molar-refractivity contribution in [1.29, 1.82) is 0 Å². The lowest BCUT2D eigenvalue weighted by atomic mass is 10.1. The minimum atomic E-state index is -0.669. The smallest absolute Gasteiger partial charge is 0.265 e. The Morgan fingerprint density at radius 1 is 1.00 bits per heavy atom. The molecule has 1 atom stereocenters. The van der Waals surface area contributed by atoms with Crippen LogP contribution in [0.2, 0.25) is 5.02 Å². The molecule has 0 bridgehead atoms. The summed E-state index contributed by atoms with van der Waals surface area (Å²) < 4.78 is 16.6. The van der Waals surface area contributed by atoms with Crippen molar-refractivity contribution in [2.45, 2.75) is 19.4 Å². The summed E-state index contributed by atoms with van der Waals surface area (Å²) in [6, 6.07) is 16.9. The van der Waals surface area contributed by atoms with Gasteiger partial charge < -0.3 is 19.5 Å². The van der Waals surface area contributed by atoms with Crippen molar-refractivity contribution in [1.82, 2.24) is 0 Å². The van der Waals surface area contributed by atoms with Crippen molar-refractivity contribution in [3.05, 3.63) is 59.6 Å². The van der Waals surface area contributed by atoms with Crippen molar-refractivity contribution in [3.8, 4) is 17.2 Å². The van der Waals surface area contributed by atoms with Crippen LogP contribution in [-0.2, 0) is 4.79 Å². The van der Waals surface area contributed by atoms with Gasteiger partial charge >= 0.3 is 0 Å². The van der Waals surface area contributed by atoms with Crippen LogP contribution < -0.4 is 19.5 Å². The second-order valence-corrected chi connectivity index (χ2v) is 6.58. The van der Waals surface area contributed by atoms with Gasteiger partial charge in [-0.05, 0) is 17.9 Å². The molecule has 6 heteroatoms. The lowest BCUT2D eigenvalue weighted by Gasteiger charge is -2.20. The fourth-order valence-corrected chi connectivity index (χ4v) is 3.18. The molecule has 0 radical (unpaired) electrons. The van der Waals surface area contributed by atoms with E-state index in [2.05, 4.69) is 5.32 Å². The molecule has 0 aromatic heterocycles. The number of rotatable bonds is 7. The van der Waals surface area contributed by atoms with E-state index >= 15 is 0 Å². The summed E-state index contributed by atoms with van der Waals surface area (Å²) in [7, 11) is 3.02. The second kappa shape index (κ2) is 8.85. The average Bonchev–Trinajstić information content (AvgIpc) is 2.72. The number of ether oxygens (including phenoxy) is 3. The molecule has 5 nitrogen and oxygen atoms in total. The van der Waals surface area contributed by atoms with E-state index in [9.17, 15) is 4.79 Å². The second-order valence-electron chi connectivity index (χ2n) is 6.17. The molecule has 0 heterocycles. The van der Waals surface area contributed by atoms with Gasteiger partial charge in [-0.3, -0.25) is 4.79 Å². The van der Waals surface area contributed by atoms with E-state index in [1.807, 2.05) is 49.4 Å². The van der Waals surface area contributed by atoms with Gasteiger partial charge in [-0.15, -0.1) is 0 Å². The van der Waals surface area contributed by atoms with Gasteiger partial charge in [0.15, 0.2) is 6.10 Å². The average molecular weight is 400 g/mol. The first-order valence-electron chi connectivity index (χ1n) is 8.94. The molecule has 0 saturated carbocycles. The van der Waals surface area contributed by atoms with Crippen LogP contribution in [0, 0.1) is 0 Å². The SMILES string of the molecule is CCC(Oc1cccc2ccccc12)C(=O)Nc1cc(OC)c(Cl)cc1OC. The van der Waals surface area contributed by atoms with Crippen LogP contribution in [0.15, 0.2) is 54.6 Å². The van der Waals surface area contributed by atoms with Gasteiger partial charge in [0.2, 0.25) is 0 Å². The first-order valence-corrected chi connectivity index (χ1v) is 9.32. The molecule has 3 aromatic carbocycles. The number of anilines is 1.